The molecule has 2 unspecified atom stereocenters. The number of non-ortho nitro benzene ring substituents is 1. The maximum absolute atomic E-state index is 13.9. The Labute approximate surface area is 213 Å². The summed E-state index contributed by atoms with van der Waals surface area (Å²) in [4.78, 5) is 62.5. The molecule has 2 rings (SSSR count). The Bertz CT molecular complexity index is 1050. The average Bonchev–Trinajstić information content (AvgIpc) is 2.77. The van der Waals surface area contributed by atoms with Crippen molar-refractivity contribution in [1.82, 2.24) is 10.2 Å². The smallest absolute Gasteiger partial charge is 0.408 e. The van der Waals surface area contributed by atoms with E-state index < -0.39 is 51.2 Å². The minimum Gasteiger partial charge on any atom is -0.468 e. The largest absolute Gasteiger partial charge is 0.468 e. The van der Waals surface area contributed by atoms with Gasteiger partial charge in [-0.25, -0.2) is 4.79 Å². The molecule has 0 spiro atoms. The summed E-state index contributed by atoms with van der Waals surface area (Å²) in [5.41, 5.74) is 5.77. The zero-order valence-electron chi connectivity index (χ0n) is 21.2. The fourth-order valence-electron chi connectivity index (χ4n) is 3.68. The summed E-state index contributed by atoms with van der Waals surface area (Å²) in [5.74, 6) is -2.03. The van der Waals surface area contributed by atoms with E-state index in [1.54, 1.807) is 34.6 Å². The van der Waals surface area contributed by atoms with E-state index in [0.717, 1.165) is 11.8 Å². The van der Waals surface area contributed by atoms with Crippen LogP contribution in [0.3, 0.4) is 0 Å². The van der Waals surface area contributed by atoms with Crippen LogP contribution in [0.4, 0.5) is 10.5 Å². The third-order valence-electron chi connectivity index (χ3n) is 5.54. The van der Waals surface area contributed by atoms with Gasteiger partial charge in [-0.3, -0.25) is 24.5 Å². The van der Waals surface area contributed by atoms with Crippen LogP contribution >= 0.6 is 11.8 Å². The number of alkyl carbamates (subject to hydrolysis) is 1. The van der Waals surface area contributed by atoms with Crippen molar-refractivity contribution in [3.63, 3.8) is 0 Å². The fraction of sp³-hybridized carbons (Fsp3) is 0.565. The van der Waals surface area contributed by atoms with Gasteiger partial charge in [0.2, 0.25) is 11.8 Å². The van der Waals surface area contributed by atoms with Crippen LogP contribution in [0, 0.1) is 10.1 Å². The third kappa shape index (κ3) is 7.33. The van der Waals surface area contributed by atoms with Crippen molar-refractivity contribution in [2.24, 2.45) is 5.73 Å². The van der Waals surface area contributed by atoms with Crippen molar-refractivity contribution in [3.8, 4) is 0 Å². The first-order valence-corrected chi connectivity index (χ1v) is 12.1. The van der Waals surface area contributed by atoms with Gasteiger partial charge in [0.25, 0.3) is 5.69 Å². The average molecular weight is 525 g/mol. The number of hydrogen-bond donors (Lipinski definition) is 2. The van der Waals surface area contributed by atoms with Gasteiger partial charge >= 0.3 is 12.1 Å². The number of carbonyl (C=O) groups excluding carboxylic acids is 4. The highest BCUT2D eigenvalue weighted by Gasteiger charge is 2.44. The number of nitrogens with two attached hydrogens (primary N) is 1. The molecule has 36 heavy (non-hydrogen) atoms. The lowest BCUT2D eigenvalue weighted by atomic mass is 9.91. The van der Waals surface area contributed by atoms with Gasteiger partial charge in [-0.2, -0.15) is 0 Å². The van der Waals surface area contributed by atoms with Crippen LogP contribution in [0.15, 0.2) is 18.2 Å². The van der Waals surface area contributed by atoms with Crippen molar-refractivity contribution in [3.05, 3.63) is 39.4 Å². The maximum Gasteiger partial charge on any atom is 0.408 e. The SMILES string of the molecule is COC(=O)CSC(C)(C)C(NC(=O)OC(C)(C)C)C(=O)N1Cc2cc([N+](=O)[O-])ccc2CC1C(N)=O. The lowest BCUT2D eigenvalue weighted by Crippen LogP contribution is -2.62. The molecule has 3 amide bonds. The van der Waals surface area contributed by atoms with E-state index in [1.807, 2.05) is 0 Å². The van der Waals surface area contributed by atoms with Gasteiger partial charge in [-0.1, -0.05) is 6.07 Å². The number of primary amides is 1. The quantitative estimate of drug-likeness (QED) is 0.293. The van der Waals surface area contributed by atoms with Crippen LogP contribution in [0.1, 0.15) is 45.7 Å². The first kappa shape index (κ1) is 28.9. The summed E-state index contributed by atoms with van der Waals surface area (Å²) in [6.07, 6.45) is -0.806. The number of esters is 1. The molecule has 0 saturated carbocycles. The normalized spacial score (nSPS) is 16.4. The number of benzene rings is 1. The van der Waals surface area contributed by atoms with Crippen LogP contribution < -0.4 is 11.1 Å². The number of amides is 3. The Kier molecular flexibility index (Phi) is 8.94. The molecule has 0 fully saturated rings. The minimum absolute atomic E-state index is 0.0588. The zero-order valence-corrected chi connectivity index (χ0v) is 22.0. The molecule has 1 heterocycles. The molecule has 1 aromatic rings. The predicted molar refractivity (Wildman–Crippen MR) is 132 cm³/mol. The minimum atomic E-state index is -1.25. The molecule has 0 bridgehead atoms. The van der Waals surface area contributed by atoms with E-state index >= 15 is 0 Å². The molecule has 0 aromatic heterocycles. The van der Waals surface area contributed by atoms with E-state index in [-0.39, 0.29) is 24.4 Å². The molecule has 1 aliphatic rings. The molecule has 0 radical (unpaired) electrons. The lowest BCUT2D eigenvalue weighted by molar-refractivity contribution is -0.385. The molecule has 2 atom stereocenters. The summed E-state index contributed by atoms with van der Waals surface area (Å²) in [7, 11) is 1.24. The standard InChI is InChI=1S/C23H32N4O8S/c1-22(2,3)35-21(31)25-18(23(4,5)36-12-17(28)34-6)20(30)26-11-14-9-15(27(32)33)8-7-13(14)10-16(26)19(24)29/h7-9,16,18H,10-12H2,1-6H3,(H2,24,29)(H,25,31). The number of nitro benzene ring substituents is 1. The number of nitrogens with one attached hydrogen (secondary N) is 1. The van der Waals surface area contributed by atoms with Gasteiger partial charge in [0.1, 0.15) is 17.7 Å². The monoisotopic (exact) mass is 524 g/mol. The van der Waals surface area contributed by atoms with E-state index in [4.69, 9.17) is 10.5 Å². The van der Waals surface area contributed by atoms with E-state index in [9.17, 15) is 29.3 Å². The molecule has 0 aliphatic carbocycles. The van der Waals surface area contributed by atoms with Crippen molar-refractivity contribution in [2.75, 3.05) is 12.9 Å². The van der Waals surface area contributed by atoms with Gasteiger partial charge in [0, 0.05) is 29.8 Å². The number of methoxy groups -OCH3 is 1. The molecule has 0 saturated heterocycles. The summed E-state index contributed by atoms with van der Waals surface area (Å²) in [6.45, 7) is 8.17. The molecule has 198 valence electrons. The van der Waals surface area contributed by atoms with Crippen molar-refractivity contribution in [1.29, 1.82) is 0 Å². The number of hydrogen-bond acceptors (Lipinski definition) is 9. The summed E-state index contributed by atoms with van der Waals surface area (Å²) in [6, 6.07) is 1.92. The number of ether oxygens (including phenoxy) is 2. The second-order valence-electron chi connectivity index (χ2n) is 9.85. The first-order chi connectivity index (χ1) is 16.6. The van der Waals surface area contributed by atoms with Gasteiger partial charge in [-0.05, 0) is 45.7 Å². The Hall–Kier alpha value is -3.35. The van der Waals surface area contributed by atoms with E-state index in [0.29, 0.717) is 11.1 Å². The van der Waals surface area contributed by atoms with Crippen LogP contribution in [0.25, 0.3) is 0 Å². The number of nitrogens with zero attached hydrogens (tertiary/aromatic N) is 2. The summed E-state index contributed by atoms with van der Waals surface area (Å²) in [5, 5.41) is 13.8. The Balaban J connectivity index is 2.46. The molecule has 1 aliphatic heterocycles. The van der Waals surface area contributed by atoms with Crippen molar-refractivity contribution < 1.29 is 33.6 Å². The Morgan fingerprint density at radius 3 is 2.39 bits per heavy atom. The van der Waals surface area contributed by atoms with Gasteiger partial charge in [0.05, 0.1) is 17.8 Å². The molecule has 13 heteroatoms. The maximum atomic E-state index is 13.9. The Morgan fingerprint density at radius 2 is 1.86 bits per heavy atom. The highest BCUT2D eigenvalue weighted by atomic mass is 32.2. The molecule has 1 aromatic carbocycles. The van der Waals surface area contributed by atoms with Gasteiger partial charge in [-0.15, -0.1) is 11.8 Å². The fourth-order valence-corrected chi connectivity index (χ4v) is 4.62. The zero-order chi connectivity index (χ0) is 27.4. The van der Waals surface area contributed by atoms with Crippen molar-refractivity contribution in [2.45, 2.75) is 70.0 Å². The van der Waals surface area contributed by atoms with Crippen LogP contribution in [-0.4, -0.2) is 69.0 Å². The second kappa shape index (κ2) is 11.1. The van der Waals surface area contributed by atoms with E-state index in [2.05, 4.69) is 10.1 Å². The number of thioether (sulfide) groups is 1. The van der Waals surface area contributed by atoms with E-state index in [1.165, 1.54) is 30.2 Å². The number of nitro groups is 1. The topological polar surface area (TPSA) is 171 Å². The Morgan fingerprint density at radius 1 is 1.22 bits per heavy atom. The second-order valence-corrected chi connectivity index (χ2v) is 11.5. The van der Waals surface area contributed by atoms with Crippen LogP contribution in [-0.2, 0) is 36.8 Å². The van der Waals surface area contributed by atoms with Crippen LogP contribution in [0.2, 0.25) is 0 Å². The van der Waals surface area contributed by atoms with Crippen molar-refractivity contribution >= 4 is 41.3 Å². The predicted octanol–water partition coefficient (Wildman–Crippen LogP) is 1.91. The van der Waals surface area contributed by atoms with Gasteiger partial charge < -0.3 is 25.4 Å². The number of carbonyl (C=O) groups is 4. The first-order valence-electron chi connectivity index (χ1n) is 11.1. The molecule has 12 nitrogen and oxygen atoms in total. The number of rotatable bonds is 8. The third-order valence-corrected chi connectivity index (χ3v) is 6.90. The summed E-state index contributed by atoms with van der Waals surface area (Å²) >= 11 is 1.08. The van der Waals surface area contributed by atoms with Gasteiger partial charge in [0.15, 0.2) is 0 Å². The summed E-state index contributed by atoms with van der Waals surface area (Å²) < 4.78 is 8.95. The molecular formula is C23H32N4O8S. The molecule has 3 N–H and O–H groups in total. The highest BCUT2D eigenvalue weighted by Crippen LogP contribution is 2.33. The van der Waals surface area contributed by atoms with Crippen LogP contribution in [0.5, 0.6) is 0 Å². The lowest BCUT2D eigenvalue weighted by Gasteiger charge is -2.41. The molecular weight excluding hydrogens is 492 g/mol. The highest BCUT2D eigenvalue weighted by molar-refractivity contribution is 8.01. The number of fused-ring (bicyclic) bond motifs is 1.